The molecule has 5 rings (SSSR count). The van der Waals surface area contributed by atoms with Crippen molar-refractivity contribution in [2.24, 2.45) is 17.8 Å². The van der Waals surface area contributed by atoms with Gasteiger partial charge in [0.25, 0.3) is 0 Å². The number of fused-ring (bicyclic) bond motifs is 3. The number of hydrogen-bond acceptors (Lipinski definition) is 4. The Bertz CT molecular complexity index is 905. The van der Waals surface area contributed by atoms with E-state index in [-0.39, 0.29) is 11.8 Å². The summed E-state index contributed by atoms with van der Waals surface area (Å²) < 4.78 is 32.5. The number of anilines is 1. The van der Waals surface area contributed by atoms with E-state index in [0.717, 1.165) is 24.1 Å². The number of morpholine rings is 1. The van der Waals surface area contributed by atoms with E-state index >= 15 is 0 Å². The summed E-state index contributed by atoms with van der Waals surface area (Å²) in [6, 6.07) is 5.22. The van der Waals surface area contributed by atoms with Crippen molar-refractivity contribution in [3.8, 4) is 0 Å². The Balaban J connectivity index is 1.39. The van der Waals surface area contributed by atoms with Crippen LogP contribution in [0.3, 0.4) is 0 Å². The quantitative estimate of drug-likeness (QED) is 0.741. The van der Waals surface area contributed by atoms with Crippen LogP contribution in [0.25, 0.3) is 0 Å². The first-order valence-corrected chi connectivity index (χ1v) is 11.2. The molecule has 3 unspecified atom stereocenters. The Kier molecular flexibility index (Phi) is 4.14. The lowest BCUT2D eigenvalue weighted by Gasteiger charge is -2.27. The van der Waals surface area contributed by atoms with Gasteiger partial charge in [-0.2, -0.15) is 4.31 Å². The van der Waals surface area contributed by atoms with Gasteiger partial charge in [0.2, 0.25) is 15.9 Å². The molecule has 1 saturated carbocycles. The Morgan fingerprint density at radius 3 is 2.59 bits per heavy atom. The number of nitrogens with zero attached hydrogens (tertiary/aromatic N) is 2. The Morgan fingerprint density at radius 1 is 1.07 bits per heavy atom. The Hall–Kier alpha value is -1.70. The van der Waals surface area contributed by atoms with E-state index in [0.29, 0.717) is 56.0 Å². The molecule has 2 heterocycles. The predicted molar refractivity (Wildman–Crippen MR) is 101 cm³/mol. The van der Waals surface area contributed by atoms with Crippen LogP contribution in [0.15, 0.2) is 35.2 Å². The van der Waals surface area contributed by atoms with Gasteiger partial charge in [0.05, 0.1) is 18.1 Å². The van der Waals surface area contributed by atoms with Crippen molar-refractivity contribution >= 4 is 21.6 Å². The molecule has 3 atom stereocenters. The SMILES string of the molecule is O=C(C1CC2C=CC1C2)N1CCc2cc(S(=O)(=O)N3CCOCC3)ccc21. The molecule has 0 spiro atoms. The fourth-order valence-electron chi connectivity index (χ4n) is 4.97. The van der Waals surface area contributed by atoms with Crippen LogP contribution in [0.2, 0.25) is 0 Å². The zero-order valence-electron chi connectivity index (χ0n) is 15.2. The molecule has 0 aromatic heterocycles. The van der Waals surface area contributed by atoms with Crippen molar-refractivity contribution in [1.29, 1.82) is 0 Å². The molecule has 1 aromatic carbocycles. The maximum absolute atomic E-state index is 13.1. The zero-order valence-corrected chi connectivity index (χ0v) is 16.0. The average Bonchev–Trinajstić information content (AvgIpc) is 3.43. The van der Waals surface area contributed by atoms with Crippen LogP contribution >= 0.6 is 0 Å². The molecule has 1 aromatic rings. The van der Waals surface area contributed by atoms with Gasteiger partial charge in [0.15, 0.2) is 0 Å². The molecule has 0 N–H and O–H groups in total. The molecule has 7 heteroatoms. The molecule has 6 nitrogen and oxygen atoms in total. The normalized spacial score (nSPS) is 30.1. The molecule has 27 heavy (non-hydrogen) atoms. The van der Waals surface area contributed by atoms with Gasteiger partial charge in [0.1, 0.15) is 0 Å². The summed E-state index contributed by atoms with van der Waals surface area (Å²) in [5, 5.41) is 0. The number of rotatable bonds is 3. The summed E-state index contributed by atoms with van der Waals surface area (Å²) in [6.07, 6.45) is 7.22. The summed E-state index contributed by atoms with van der Waals surface area (Å²) >= 11 is 0. The van der Waals surface area contributed by atoms with Crippen LogP contribution in [0.4, 0.5) is 5.69 Å². The topological polar surface area (TPSA) is 66.9 Å². The summed E-state index contributed by atoms with van der Waals surface area (Å²) in [6.45, 7) is 2.30. The summed E-state index contributed by atoms with van der Waals surface area (Å²) in [4.78, 5) is 15.3. The van der Waals surface area contributed by atoms with Crippen LogP contribution in [0, 0.1) is 17.8 Å². The summed E-state index contributed by atoms with van der Waals surface area (Å²) in [5.41, 5.74) is 1.84. The molecular weight excluding hydrogens is 364 g/mol. The lowest BCUT2D eigenvalue weighted by molar-refractivity contribution is -0.123. The highest BCUT2D eigenvalue weighted by Crippen LogP contribution is 2.45. The first-order valence-electron chi connectivity index (χ1n) is 9.74. The maximum atomic E-state index is 13.1. The summed E-state index contributed by atoms with van der Waals surface area (Å²) in [5.74, 6) is 1.23. The van der Waals surface area contributed by atoms with E-state index in [4.69, 9.17) is 4.74 Å². The smallest absolute Gasteiger partial charge is 0.243 e. The van der Waals surface area contributed by atoms with Crippen molar-refractivity contribution in [3.63, 3.8) is 0 Å². The van der Waals surface area contributed by atoms with Crippen molar-refractivity contribution < 1.29 is 17.9 Å². The number of sulfonamides is 1. The lowest BCUT2D eigenvalue weighted by atomic mass is 9.92. The van der Waals surface area contributed by atoms with Crippen LogP contribution in [-0.4, -0.2) is 51.5 Å². The van der Waals surface area contributed by atoms with Gasteiger partial charge < -0.3 is 9.64 Å². The highest BCUT2D eigenvalue weighted by atomic mass is 32.2. The van der Waals surface area contributed by atoms with E-state index in [2.05, 4.69) is 12.2 Å². The average molecular weight is 388 g/mol. The zero-order chi connectivity index (χ0) is 18.6. The highest BCUT2D eigenvalue weighted by molar-refractivity contribution is 7.89. The minimum absolute atomic E-state index is 0.0858. The molecule has 1 saturated heterocycles. The van der Waals surface area contributed by atoms with E-state index < -0.39 is 10.0 Å². The molecule has 2 bridgehead atoms. The second-order valence-corrected chi connectivity index (χ2v) is 9.87. The van der Waals surface area contributed by atoms with E-state index in [1.807, 2.05) is 11.0 Å². The standard InChI is InChI=1S/C20H24N2O4S/c23-20(18-12-14-1-2-15(18)11-14)22-6-5-16-13-17(3-4-19(16)22)27(24,25)21-7-9-26-10-8-21/h1-4,13-15,18H,5-12H2. The second kappa shape index (κ2) is 6.43. The number of allylic oxidation sites excluding steroid dienone is 2. The summed E-state index contributed by atoms with van der Waals surface area (Å²) in [7, 11) is -3.50. The maximum Gasteiger partial charge on any atom is 0.243 e. The van der Waals surface area contributed by atoms with Gasteiger partial charge in [-0.15, -0.1) is 0 Å². The molecular formula is C20H24N2O4S. The van der Waals surface area contributed by atoms with Crippen LogP contribution in [-0.2, 0) is 26.0 Å². The molecule has 144 valence electrons. The van der Waals surface area contributed by atoms with E-state index in [1.165, 1.54) is 4.31 Å². The van der Waals surface area contributed by atoms with Gasteiger partial charge in [0, 0.05) is 31.2 Å². The van der Waals surface area contributed by atoms with Crippen LogP contribution in [0.1, 0.15) is 18.4 Å². The Labute approximate surface area is 159 Å². The number of benzene rings is 1. The number of amides is 1. The third-order valence-corrected chi connectivity index (χ3v) is 8.31. The number of carbonyl (C=O) groups is 1. The third kappa shape index (κ3) is 2.83. The van der Waals surface area contributed by atoms with Gasteiger partial charge >= 0.3 is 0 Å². The fraction of sp³-hybridized carbons (Fsp3) is 0.550. The lowest BCUT2D eigenvalue weighted by Crippen LogP contribution is -2.40. The predicted octanol–water partition coefficient (Wildman–Crippen LogP) is 1.81. The molecule has 2 fully saturated rings. The fourth-order valence-corrected chi connectivity index (χ4v) is 6.43. The minimum atomic E-state index is -3.50. The molecule has 4 aliphatic rings. The third-order valence-electron chi connectivity index (χ3n) is 6.42. The van der Waals surface area contributed by atoms with Crippen LogP contribution < -0.4 is 4.90 Å². The van der Waals surface area contributed by atoms with Crippen LogP contribution in [0.5, 0.6) is 0 Å². The second-order valence-electron chi connectivity index (χ2n) is 7.93. The highest BCUT2D eigenvalue weighted by Gasteiger charge is 2.43. The molecule has 0 radical (unpaired) electrons. The van der Waals surface area contributed by atoms with Gasteiger partial charge in [-0.3, -0.25) is 4.79 Å². The van der Waals surface area contributed by atoms with Gasteiger partial charge in [-0.1, -0.05) is 12.2 Å². The van der Waals surface area contributed by atoms with Gasteiger partial charge in [-0.25, -0.2) is 8.42 Å². The monoisotopic (exact) mass is 388 g/mol. The van der Waals surface area contributed by atoms with Gasteiger partial charge in [-0.05, 0) is 54.9 Å². The molecule has 2 aliphatic heterocycles. The van der Waals surface area contributed by atoms with E-state index in [1.54, 1.807) is 12.1 Å². The first kappa shape index (κ1) is 17.4. The number of hydrogen-bond donors (Lipinski definition) is 0. The van der Waals surface area contributed by atoms with Crippen molar-refractivity contribution in [3.05, 3.63) is 35.9 Å². The molecule has 2 aliphatic carbocycles. The van der Waals surface area contributed by atoms with Crippen molar-refractivity contribution in [2.45, 2.75) is 24.2 Å². The minimum Gasteiger partial charge on any atom is -0.379 e. The first-order chi connectivity index (χ1) is 13.0. The van der Waals surface area contributed by atoms with Crippen molar-refractivity contribution in [2.75, 3.05) is 37.7 Å². The Morgan fingerprint density at radius 2 is 1.89 bits per heavy atom. The van der Waals surface area contributed by atoms with E-state index in [9.17, 15) is 13.2 Å². The van der Waals surface area contributed by atoms with Crippen molar-refractivity contribution in [1.82, 2.24) is 4.31 Å². The molecule has 1 amide bonds. The number of carbonyl (C=O) groups excluding carboxylic acids is 1. The number of ether oxygens (including phenoxy) is 1. The largest absolute Gasteiger partial charge is 0.379 e.